The summed E-state index contributed by atoms with van der Waals surface area (Å²) in [5.41, 5.74) is 1.06. The molecule has 0 aliphatic rings. The Hall–Kier alpha value is -2.41. The van der Waals surface area contributed by atoms with Crippen LogP contribution < -0.4 is 10.6 Å². The average molecular weight is 387 g/mol. The first-order valence-corrected chi connectivity index (χ1v) is 10.1. The van der Waals surface area contributed by atoms with E-state index >= 15 is 0 Å². The molecule has 1 unspecified atom stereocenters. The van der Waals surface area contributed by atoms with Crippen molar-refractivity contribution >= 4 is 5.96 Å². The van der Waals surface area contributed by atoms with E-state index in [-0.39, 0.29) is 6.10 Å². The maximum absolute atomic E-state index is 5.81. The highest BCUT2D eigenvalue weighted by atomic mass is 16.5. The standard InChI is InChI=1S/C21H34N6O/c1-6-22-21(24-11-10-19(16(3)4)28-7-2)26-15-18-8-9-20(25-14-18)27-13-12-23-17(27)5/h8-9,12-14,16,19H,6-7,10-11,15H2,1-5H3,(H2,22,24,26). The van der Waals surface area contributed by atoms with E-state index in [1.165, 1.54) is 0 Å². The molecule has 2 N–H and O–H groups in total. The molecule has 154 valence electrons. The van der Waals surface area contributed by atoms with E-state index in [9.17, 15) is 0 Å². The first-order valence-electron chi connectivity index (χ1n) is 10.1. The predicted octanol–water partition coefficient (Wildman–Crippen LogP) is 3.08. The van der Waals surface area contributed by atoms with Crippen molar-refractivity contribution in [2.75, 3.05) is 19.7 Å². The summed E-state index contributed by atoms with van der Waals surface area (Å²) in [6.07, 6.45) is 6.78. The number of aliphatic imine (C=N–C) groups is 1. The Labute approximate surface area is 168 Å². The fraction of sp³-hybridized carbons (Fsp3) is 0.571. The second-order valence-corrected chi connectivity index (χ2v) is 7.02. The van der Waals surface area contributed by atoms with Crippen LogP contribution in [0.15, 0.2) is 35.7 Å². The molecule has 7 heteroatoms. The highest BCUT2D eigenvalue weighted by Crippen LogP contribution is 2.10. The van der Waals surface area contributed by atoms with Crippen molar-refractivity contribution in [2.24, 2.45) is 10.9 Å². The Morgan fingerprint density at radius 1 is 1.21 bits per heavy atom. The summed E-state index contributed by atoms with van der Waals surface area (Å²) in [5.74, 6) is 3.10. The van der Waals surface area contributed by atoms with Crippen molar-refractivity contribution in [2.45, 2.75) is 53.7 Å². The van der Waals surface area contributed by atoms with Gasteiger partial charge in [-0.25, -0.2) is 15.0 Å². The average Bonchev–Trinajstić information content (AvgIpc) is 3.11. The molecule has 0 aliphatic carbocycles. The molecule has 0 aliphatic heterocycles. The fourth-order valence-electron chi connectivity index (χ4n) is 2.94. The zero-order chi connectivity index (χ0) is 20.4. The zero-order valence-electron chi connectivity index (χ0n) is 17.8. The number of hydrogen-bond donors (Lipinski definition) is 2. The lowest BCUT2D eigenvalue weighted by atomic mass is 10.0. The number of aryl methyl sites for hydroxylation is 1. The third-order valence-corrected chi connectivity index (χ3v) is 4.49. The van der Waals surface area contributed by atoms with Crippen molar-refractivity contribution in [3.63, 3.8) is 0 Å². The van der Waals surface area contributed by atoms with E-state index < -0.39 is 0 Å². The Bertz CT molecular complexity index is 723. The first kappa shape index (κ1) is 21.9. The smallest absolute Gasteiger partial charge is 0.191 e. The molecule has 0 fully saturated rings. The highest BCUT2D eigenvalue weighted by Gasteiger charge is 2.13. The van der Waals surface area contributed by atoms with E-state index in [1.807, 2.05) is 36.9 Å². The van der Waals surface area contributed by atoms with Gasteiger partial charge in [0.05, 0.1) is 12.6 Å². The van der Waals surface area contributed by atoms with Gasteiger partial charge < -0.3 is 15.4 Å². The number of hydrogen-bond acceptors (Lipinski definition) is 4. The first-order chi connectivity index (χ1) is 13.5. The van der Waals surface area contributed by atoms with Crippen molar-refractivity contribution < 1.29 is 4.74 Å². The lowest BCUT2D eigenvalue weighted by molar-refractivity contribution is 0.0258. The van der Waals surface area contributed by atoms with E-state index in [0.29, 0.717) is 12.5 Å². The minimum absolute atomic E-state index is 0.267. The second kappa shape index (κ2) is 11.4. The molecule has 7 nitrogen and oxygen atoms in total. The molecule has 2 aromatic rings. The van der Waals surface area contributed by atoms with Gasteiger partial charge in [-0.3, -0.25) is 4.57 Å². The largest absolute Gasteiger partial charge is 0.378 e. The molecule has 0 saturated carbocycles. The number of rotatable bonds is 10. The minimum Gasteiger partial charge on any atom is -0.378 e. The van der Waals surface area contributed by atoms with Crippen LogP contribution >= 0.6 is 0 Å². The summed E-state index contributed by atoms with van der Waals surface area (Å²) in [6.45, 7) is 13.4. The van der Waals surface area contributed by atoms with E-state index in [1.54, 1.807) is 6.20 Å². The van der Waals surface area contributed by atoms with Crippen LogP contribution in [-0.4, -0.2) is 46.3 Å². The zero-order valence-corrected chi connectivity index (χ0v) is 17.8. The predicted molar refractivity (Wildman–Crippen MR) is 114 cm³/mol. The van der Waals surface area contributed by atoms with E-state index in [4.69, 9.17) is 4.74 Å². The van der Waals surface area contributed by atoms with Gasteiger partial charge in [0.1, 0.15) is 11.6 Å². The maximum atomic E-state index is 5.81. The molecule has 0 spiro atoms. The molecule has 0 bridgehead atoms. The number of aromatic nitrogens is 3. The lowest BCUT2D eigenvalue weighted by Crippen LogP contribution is -2.39. The van der Waals surface area contributed by atoms with Crippen LogP contribution in [0.3, 0.4) is 0 Å². The van der Waals surface area contributed by atoms with Crippen LogP contribution in [0.2, 0.25) is 0 Å². The molecule has 0 radical (unpaired) electrons. The number of imidazole rings is 1. The third-order valence-electron chi connectivity index (χ3n) is 4.49. The monoisotopic (exact) mass is 386 g/mol. The highest BCUT2D eigenvalue weighted by molar-refractivity contribution is 5.79. The number of nitrogens with one attached hydrogen (secondary N) is 2. The summed E-state index contributed by atoms with van der Waals surface area (Å²) in [6, 6.07) is 4.05. The summed E-state index contributed by atoms with van der Waals surface area (Å²) >= 11 is 0. The Balaban J connectivity index is 1.91. The van der Waals surface area contributed by atoms with Gasteiger partial charge in [0.15, 0.2) is 5.96 Å². The molecule has 28 heavy (non-hydrogen) atoms. The summed E-state index contributed by atoms with van der Waals surface area (Å²) in [4.78, 5) is 13.4. The molecule has 0 aromatic carbocycles. The number of ether oxygens (including phenoxy) is 1. The van der Waals surface area contributed by atoms with E-state index in [0.717, 1.165) is 49.3 Å². The van der Waals surface area contributed by atoms with Gasteiger partial charge in [0.25, 0.3) is 0 Å². The van der Waals surface area contributed by atoms with Gasteiger partial charge in [0, 0.05) is 38.3 Å². The van der Waals surface area contributed by atoms with E-state index in [2.05, 4.69) is 52.4 Å². The fourth-order valence-corrected chi connectivity index (χ4v) is 2.94. The Kier molecular flexibility index (Phi) is 8.94. The summed E-state index contributed by atoms with van der Waals surface area (Å²) < 4.78 is 7.77. The third kappa shape index (κ3) is 6.64. The second-order valence-electron chi connectivity index (χ2n) is 7.02. The molecule has 1 atom stereocenters. The molecular weight excluding hydrogens is 352 g/mol. The molecule has 2 heterocycles. The number of guanidine groups is 1. The van der Waals surface area contributed by atoms with Gasteiger partial charge in [-0.15, -0.1) is 0 Å². The summed E-state index contributed by atoms with van der Waals surface area (Å²) in [7, 11) is 0. The number of pyridine rings is 1. The molecule has 0 amide bonds. The van der Waals surface area contributed by atoms with Gasteiger partial charge in [-0.05, 0) is 44.7 Å². The van der Waals surface area contributed by atoms with Crippen molar-refractivity contribution in [3.05, 3.63) is 42.1 Å². The van der Waals surface area contributed by atoms with Crippen molar-refractivity contribution in [3.8, 4) is 5.82 Å². The van der Waals surface area contributed by atoms with Gasteiger partial charge in [-0.1, -0.05) is 19.9 Å². The van der Waals surface area contributed by atoms with Crippen LogP contribution in [0.4, 0.5) is 0 Å². The topological polar surface area (TPSA) is 76.4 Å². The van der Waals surface area contributed by atoms with Crippen LogP contribution in [0.5, 0.6) is 0 Å². The van der Waals surface area contributed by atoms with Crippen molar-refractivity contribution in [1.29, 1.82) is 0 Å². The normalized spacial score (nSPS) is 13.0. The van der Waals surface area contributed by atoms with Crippen molar-refractivity contribution in [1.82, 2.24) is 25.2 Å². The minimum atomic E-state index is 0.267. The van der Waals surface area contributed by atoms with Crippen LogP contribution in [-0.2, 0) is 11.3 Å². The van der Waals surface area contributed by atoms with Crippen LogP contribution in [0.1, 0.15) is 45.5 Å². The SMILES string of the molecule is CCNC(=NCc1ccc(-n2ccnc2C)nc1)NCCC(OCC)C(C)C. The molecule has 0 saturated heterocycles. The Morgan fingerprint density at radius 3 is 2.61 bits per heavy atom. The molecular formula is C21H34N6O. The number of nitrogens with zero attached hydrogens (tertiary/aromatic N) is 4. The quantitative estimate of drug-likeness (QED) is 0.485. The lowest BCUT2D eigenvalue weighted by Gasteiger charge is -2.21. The van der Waals surface area contributed by atoms with Gasteiger partial charge >= 0.3 is 0 Å². The summed E-state index contributed by atoms with van der Waals surface area (Å²) in [5, 5.41) is 6.70. The Morgan fingerprint density at radius 2 is 2.04 bits per heavy atom. The van der Waals surface area contributed by atoms with Gasteiger partial charge in [0.2, 0.25) is 0 Å². The maximum Gasteiger partial charge on any atom is 0.191 e. The molecule has 2 aromatic heterocycles. The van der Waals surface area contributed by atoms with Crippen LogP contribution in [0, 0.1) is 12.8 Å². The molecule has 2 rings (SSSR count). The van der Waals surface area contributed by atoms with Crippen LogP contribution in [0.25, 0.3) is 5.82 Å². The van der Waals surface area contributed by atoms with Gasteiger partial charge in [-0.2, -0.15) is 0 Å².